The SMILES string of the molecule is CC(C)c1cc(Oc2[c-]c3c(cc2)C(C)(C)c2ccccc2N3c2cc(C(C)(C)C)ccn2)[c-]c(C2=N[C@H](c3ccccc3)[C@@H](c3ccccc3)O2)c1.[Pt+2]. The first-order valence-electron chi connectivity index (χ1n) is 18.5. The molecule has 2 aliphatic heterocycles. The number of aliphatic imine (C=N–C) groups is 1. The molecule has 0 unspecified atom stereocenters. The molecule has 0 aliphatic carbocycles. The average Bonchev–Trinajstić information content (AvgIpc) is 3.61. The van der Waals surface area contributed by atoms with Gasteiger partial charge in [-0.3, -0.25) is 4.99 Å². The van der Waals surface area contributed by atoms with Gasteiger partial charge in [0.25, 0.3) is 0 Å². The van der Waals surface area contributed by atoms with Crippen LogP contribution < -0.4 is 9.64 Å². The minimum Gasteiger partial charge on any atom is -0.510 e. The van der Waals surface area contributed by atoms with Crippen molar-refractivity contribution in [1.82, 2.24) is 4.98 Å². The summed E-state index contributed by atoms with van der Waals surface area (Å²) in [4.78, 5) is 12.3. The number of nitrogens with zero attached hydrogens (tertiary/aromatic N) is 3. The Morgan fingerprint density at radius 3 is 2.15 bits per heavy atom. The number of ether oxygens (including phenoxy) is 2. The first-order valence-corrected chi connectivity index (χ1v) is 18.5. The summed E-state index contributed by atoms with van der Waals surface area (Å²) in [7, 11) is 0. The molecule has 54 heavy (non-hydrogen) atoms. The van der Waals surface area contributed by atoms with E-state index in [0.29, 0.717) is 17.4 Å². The summed E-state index contributed by atoms with van der Waals surface area (Å²) in [5, 5.41) is 0. The van der Waals surface area contributed by atoms with Gasteiger partial charge in [0.15, 0.2) is 0 Å². The minimum absolute atomic E-state index is 0. The van der Waals surface area contributed by atoms with E-state index in [9.17, 15) is 0 Å². The van der Waals surface area contributed by atoms with E-state index in [0.717, 1.165) is 45.0 Å². The van der Waals surface area contributed by atoms with Crippen LogP contribution >= 0.6 is 0 Å². The van der Waals surface area contributed by atoms with Gasteiger partial charge in [-0.25, -0.2) is 4.98 Å². The maximum atomic E-state index is 6.71. The van der Waals surface area contributed by atoms with Gasteiger partial charge in [0.1, 0.15) is 23.9 Å². The number of pyridine rings is 1. The fourth-order valence-corrected chi connectivity index (χ4v) is 7.43. The van der Waals surface area contributed by atoms with Crippen molar-refractivity contribution in [2.24, 2.45) is 4.99 Å². The first-order chi connectivity index (χ1) is 25.5. The maximum Gasteiger partial charge on any atom is 2.00 e. The van der Waals surface area contributed by atoms with E-state index in [-0.39, 0.29) is 50.0 Å². The largest absolute Gasteiger partial charge is 2.00 e. The van der Waals surface area contributed by atoms with E-state index in [2.05, 4.69) is 156 Å². The third-order valence-electron chi connectivity index (χ3n) is 10.5. The van der Waals surface area contributed by atoms with Crippen LogP contribution in [0.3, 0.4) is 0 Å². The van der Waals surface area contributed by atoms with Gasteiger partial charge >= 0.3 is 21.1 Å². The molecule has 2 aliphatic rings. The summed E-state index contributed by atoms with van der Waals surface area (Å²) in [5.41, 5.74) is 9.38. The maximum absolute atomic E-state index is 6.71. The molecule has 5 nitrogen and oxygen atoms in total. The van der Waals surface area contributed by atoms with E-state index in [1.54, 1.807) is 0 Å². The predicted octanol–water partition coefficient (Wildman–Crippen LogP) is 12.3. The Hall–Kier alpha value is -4.99. The molecule has 6 aromatic rings. The molecule has 0 saturated heterocycles. The molecular formula is C48H45N3O2Pt. The zero-order valence-corrected chi connectivity index (χ0v) is 34.1. The fourth-order valence-electron chi connectivity index (χ4n) is 7.43. The second kappa shape index (κ2) is 14.7. The van der Waals surface area contributed by atoms with Gasteiger partial charge in [-0.2, -0.15) is 6.07 Å². The number of anilines is 3. The Kier molecular flexibility index (Phi) is 10.1. The molecule has 0 saturated carbocycles. The smallest absolute Gasteiger partial charge is 0.510 e. The molecule has 3 heterocycles. The van der Waals surface area contributed by atoms with Crippen molar-refractivity contribution in [3.63, 3.8) is 0 Å². The fraction of sp³-hybridized carbons (Fsp3) is 0.250. The molecule has 0 spiro atoms. The number of hydrogen-bond donors (Lipinski definition) is 0. The van der Waals surface area contributed by atoms with Gasteiger partial charge in [-0.05, 0) is 57.2 Å². The van der Waals surface area contributed by atoms with Crippen LogP contribution in [0.15, 0.2) is 133 Å². The minimum atomic E-state index is -0.265. The number of para-hydroxylation sites is 1. The molecule has 8 rings (SSSR count). The second-order valence-electron chi connectivity index (χ2n) is 15.9. The van der Waals surface area contributed by atoms with Crippen molar-refractivity contribution < 1.29 is 30.5 Å². The molecule has 6 heteroatoms. The van der Waals surface area contributed by atoms with Crippen LogP contribution in [0.2, 0.25) is 0 Å². The van der Waals surface area contributed by atoms with E-state index in [1.165, 1.54) is 11.1 Å². The monoisotopic (exact) mass is 890 g/mol. The molecule has 0 bridgehead atoms. The van der Waals surface area contributed by atoms with Crippen LogP contribution in [0.4, 0.5) is 17.2 Å². The van der Waals surface area contributed by atoms with E-state index in [1.807, 2.05) is 36.5 Å². The Balaban J connectivity index is 0.00000450. The molecule has 0 amide bonds. The molecule has 274 valence electrons. The summed E-state index contributed by atoms with van der Waals surface area (Å²) >= 11 is 0. The zero-order chi connectivity index (χ0) is 36.9. The van der Waals surface area contributed by atoms with E-state index < -0.39 is 0 Å². The van der Waals surface area contributed by atoms with Gasteiger partial charge < -0.3 is 14.4 Å². The number of rotatable bonds is 7. The Morgan fingerprint density at radius 2 is 1.44 bits per heavy atom. The van der Waals surface area contributed by atoms with Crippen LogP contribution in [0.25, 0.3) is 0 Å². The van der Waals surface area contributed by atoms with Gasteiger partial charge in [0, 0.05) is 23.4 Å². The second-order valence-corrected chi connectivity index (χ2v) is 15.9. The van der Waals surface area contributed by atoms with Crippen LogP contribution in [-0.4, -0.2) is 10.9 Å². The van der Waals surface area contributed by atoms with Crippen molar-refractivity contribution in [3.05, 3.63) is 179 Å². The summed E-state index contributed by atoms with van der Waals surface area (Å²) in [5.74, 6) is 2.83. The number of benzene rings is 5. The standard InChI is InChI=1S/C48H45N3O2.Pt/c1-31(2)34-26-35(46-50-44(32-16-10-8-11-17-32)45(53-46)33-18-12-9-13-19-33)28-38(27-34)52-37-22-23-40-42(30-37)51(41-21-15-14-20-39(41)48(40,6)7)43-29-36(24-25-49-43)47(3,4)5;/h8-27,29,31,44-45H,1-7H3;/q-2;+2/t44-,45-;/m1./s1. The third kappa shape index (κ3) is 7.03. The zero-order valence-electron chi connectivity index (χ0n) is 31.8. The van der Waals surface area contributed by atoms with Gasteiger partial charge in [-0.1, -0.05) is 151 Å². The average molecular weight is 891 g/mol. The Morgan fingerprint density at radius 1 is 0.759 bits per heavy atom. The van der Waals surface area contributed by atoms with Crippen molar-refractivity contribution in [2.75, 3.05) is 4.90 Å². The van der Waals surface area contributed by atoms with Crippen LogP contribution in [-0.2, 0) is 36.6 Å². The van der Waals surface area contributed by atoms with Crippen LogP contribution in [0.5, 0.6) is 11.5 Å². The molecule has 0 N–H and O–H groups in total. The summed E-state index contributed by atoms with van der Waals surface area (Å²) < 4.78 is 13.4. The van der Waals surface area contributed by atoms with E-state index in [4.69, 9.17) is 19.5 Å². The molecule has 5 aromatic carbocycles. The van der Waals surface area contributed by atoms with Crippen LogP contribution in [0, 0.1) is 12.1 Å². The third-order valence-corrected chi connectivity index (χ3v) is 10.5. The Bertz CT molecular complexity index is 2310. The number of hydrogen-bond acceptors (Lipinski definition) is 5. The number of aromatic nitrogens is 1. The van der Waals surface area contributed by atoms with Crippen molar-refractivity contribution in [2.45, 2.75) is 77.4 Å². The summed E-state index contributed by atoms with van der Waals surface area (Å²) in [6.07, 6.45) is 1.65. The molecule has 1 aromatic heterocycles. The first kappa shape index (κ1) is 37.3. The van der Waals surface area contributed by atoms with Crippen molar-refractivity contribution in [3.8, 4) is 11.5 Å². The van der Waals surface area contributed by atoms with Crippen molar-refractivity contribution in [1.29, 1.82) is 0 Å². The quantitative estimate of drug-likeness (QED) is 0.150. The van der Waals surface area contributed by atoms with Gasteiger partial charge in [0.2, 0.25) is 0 Å². The van der Waals surface area contributed by atoms with Crippen molar-refractivity contribution >= 4 is 23.1 Å². The van der Waals surface area contributed by atoms with Gasteiger partial charge in [0.05, 0.1) is 0 Å². The molecular weight excluding hydrogens is 846 g/mol. The number of fused-ring (bicyclic) bond motifs is 2. The molecule has 0 fully saturated rings. The topological polar surface area (TPSA) is 47.0 Å². The Labute approximate surface area is 334 Å². The molecule has 0 radical (unpaired) electrons. The normalized spacial score (nSPS) is 17.2. The van der Waals surface area contributed by atoms with E-state index >= 15 is 0 Å². The van der Waals surface area contributed by atoms with Gasteiger partial charge in [-0.15, -0.1) is 29.3 Å². The molecule has 2 atom stereocenters. The summed E-state index contributed by atoms with van der Waals surface area (Å²) in [6.45, 7) is 15.6. The summed E-state index contributed by atoms with van der Waals surface area (Å²) in [6, 6.07) is 49.0. The predicted molar refractivity (Wildman–Crippen MR) is 214 cm³/mol. The van der Waals surface area contributed by atoms with Crippen LogP contribution in [0.1, 0.15) is 105 Å².